The van der Waals surface area contributed by atoms with E-state index in [2.05, 4.69) is 74.5 Å². The molecule has 6 nitrogen and oxygen atoms in total. The summed E-state index contributed by atoms with van der Waals surface area (Å²) in [6, 6.07) is 17.2. The summed E-state index contributed by atoms with van der Waals surface area (Å²) in [6.45, 7) is 5.88. The first kappa shape index (κ1) is 23.0. The lowest BCUT2D eigenvalue weighted by Crippen LogP contribution is -2.43. The number of benzene rings is 2. The van der Waals surface area contributed by atoms with Gasteiger partial charge in [-0.15, -0.1) is 11.3 Å². The van der Waals surface area contributed by atoms with Crippen LogP contribution in [0.1, 0.15) is 34.3 Å². The van der Waals surface area contributed by atoms with Crippen molar-refractivity contribution in [2.75, 3.05) is 31.1 Å². The Hall–Kier alpha value is -3.42. The Bertz CT molecular complexity index is 1400. The number of rotatable bonds is 6. The fraction of sp³-hybridized carbons (Fsp3) is 0.310. The van der Waals surface area contributed by atoms with Gasteiger partial charge in [0.15, 0.2) is 0 Å². The molecule has 2 N–H and O–H groups in total. The highest BCUT2D eigenvalue weighted by Gasteiger charge is 2.46. The van der Waals surface area contributed by atoms with Crippen molar-refractivity contribution >= 4 is 22.9 Å². The Labute approximate surface area is 216 Å². The fourth-order valence-corrected chi connectivity index (χ4v) is 5.81. The van der Waals surface area contributed by atoms with E-state index in [9.17, 15) is 4.79 Å². The lowest BCUT2D eigenvalue weighted by molar-refractivity contribution is 0.0930. The number of nitrogens with one attached hydrogen (secondary N) is 2. The van der Waals surface area contributed by atoms with E-state index in [1.807, 2.05) is 31.0 Å². The molecule has 0 atom stereocenters. The Kier molecular flexibility index (Phi) is 5.90. The number of thiophene rings is 1. The minimum absolute atomic E-state index is 0.00596. The third-order valence-corrected chi connectivity index (χ3v) is 8.30. The zero-order valence-electron chi connectivity index (χ0n) is 20.8. The molecule has 0 bridgehead atoms. The van der Waals surface area contributed by atoms with E-state index >= 15 is 0 Å². The SMILES string of the molecule is Cc1ccc(N2CCNCC2)cc1C(=O)NC1(c2cc(-c3cnn(C)c3)cc(-c3cccs3)c2)CC1. The highest BCUT2D eigenvalue weighted by molar-refractivity contribution is 7.13. The van der Waals surface area contributed by atoms with E-state index in [1.54, 1.807) is 11.3 Å². The Morgan fingerprint density at radius 3 is 2.56 bits per heavy atom. The minimum atomic E-state index is -0.335. The second-order valence-electron chi connectivity index (χ2n) is 9.95. The summed E-state index contributed by atoms with van der Waals surface area (Å²) in [5.41, 5.74) is 7.11. The summed E-state index contributed by atoms with van der Waals surface area (Å²) in [5, 5.41) is 13.3. The van der Waals surface area contributed by atoms with Crippen LogP contribution in [0.4, 0.5) is 5.69 Å². The summed E-state index contributed by atoms with van der Waals surface area (Å²) < 4.78 is 1.83. The predicted molar refractivity (Wildman–Crippen MR) is 147 cm³/mol. The number of hydrogen-bond donors (Lipinski definition) is 2. The van der Waals surface area contributed by atoms with Crippen LogP contribution >= 0.6 is 11.3 Å². The van der Waals surface area contributed by atoms with Crippen molar-refractivity contribution in [2.24, 2.45) is 7.05 Å². The Morgan fingerprint density at radius 2 is 1.86 bits per heavy atom. The van der Waals surface area contributed by atoms with Crippen LogP contribution in [0.5, 0.6) is 0 Å². The molecular formula is C29H31N5OS. The number of hydrogen-bond acceptors (Lipinski definition) is 5. The fourth-order valence-electron chi connectivity index (χ4n) is 5.10. The molecular weight excluding hydrogens is 466 g/mol. The first-order valence-corrected chi connectivity index (χ1v) is 13.5. The molecule has 0 spiro atoms. The summed E-state index contributed by atoms with van der Waals surface area (Å²) in [6.07, 6.45) is 5.83. The second-order valence-corrected chi connectivity index (χ2v) is 10.9. The molecule has 2 aromatic carbocycles. The van der Waals surface area contributed by atoms with Gasteiger partial charge in [0.2, 0.25) is 0 Å². The van der Waals surface area contributed by atoms with Gasteiger partial charge < -0.3 is 15.5 Å². The van der Waals surface area contributed by atoms with Crippen LogP contribution in [-0.4, -0.2) is 41.9 Å². The predicted octanol–water partition coefficient (Wildman–Crippen LogP) is 4.95. The molecule has 0 radical (unpaired) electrons. The molecule has 1 saturated carbocycles. The largest absolute Gasteiger partial charge is 0.369 e. The first-order chi connectivity index (χ1) is 17.5. The molecule has 2 aliphatic rings. The van der Waals surface area contributed by atoms with Gasteiger partial charge in [0.1, 0.15) is 0 Å². The number of carbonyl (C=O) groups excluding carboxylic acids is 1. The maximum Gasteiger partial charge on any atom is 0.252 e. The third kappa shape index (κ3) is 4.45. The van der Waals surface area contributed by atoms with Crippen molar-refractivity contribution in [1.29, 1.82) is 0 Å². The molecule has 184 valence electrons. The summed E-state index contributed by atoms with van der Waals surface area (Å²) >= 11 is 1.74. The van der Waals surface area contributed by atoms with Crippen molar-refractivity contribution in [3.8, 4) is 21.6 Å². The lowest BCUT2D eigenvalue weighted by Gasteiger charge is -2.30. The number of nitrogens with zero attached hydrogens (tertiary/aromatic N) is 3. The maximum atomic E-state index is 13.6. The van der Waals surface area contributed by atoms with Crippen molar-refractivity contribution in [1.82, 2.24) is 20.4 Å². The Morgan fingerprint density at radius 1 is 1.06 bits per heavy atom. The lowest BCUT2D eigenvalue weighted by atomic mass is 9.95. The first-order valence-electron chi connectivity index (χ1n) is 12.6. The number of carbonyl (C=O) groups is 1. The molecule has 2 fully saturated rings. The number of aryl methyl sites for hydroxylation is 2. The van der Waals surface area contributed by atoms with Crippen molar-refractivity contribution in [2.45, 2.75) is 25.3 Å². The highest BCUT2D eigenvalue weighted by atomic mass is 32.1. The topological polar surface area (TPSA) is 62.2 Å². The molecule has 6 rings (SSSR count). The van der Waals surface area contributed by atoms with Crippen LogP contribution < -0.4 is 15.5 Å². The van der Waals surface area contributed by atoms with Crippen LogP contribution in [0.2, 0.25) is 0 Å². The van der Waals surface area contributed by atoms with Gasteiger partial charge in [0.05, 0.1) is 11.7 Å². The molecule has 1 saturated heterocycles. The standard InChI is InChI=1S/C29H31N5OS/c1-20-5-6-25(34-11-9-30-10-12-34)17-26(20)28(35)32-29(7-8-29)24-15-21(23-18-31-33(2)19-23)14-22(16-24)27-4-3-13-36-27/h3-6,13-19,30H,7-12H2,1-2H3,(H,32,35). The number of anilines is 1. The van der Waals surface area contributed by atoms with E-state index in [0.29, 0.717) is 0 Å². The average molecular weight is 498 g/mol. The molecule has 0 unspecified atom stereocenters. The van der Waals surface area contributed by atoms with Crippen LogP contribution in [0.3, 0.4) is 0 Å². The molecule has 1 aliphatic carbocycles. The number of piperazine rings is 1. The zero-order chi connectivity index (χ0) is 24.7. The smallest absolute Gasteiger partial charge is 0.252 e. The summed E-state index contributed by atoms with van der Waals surface area (Å²) in [7, 11) is 1.94. The van der Waals surface area contributed by atoms with E-state index in [-0.39, 0.29) is 11.4 Å². The quantitative estimate of drug-likeness (QED) is 0.396. The van der Waals surface area contributed by atoms with Crippen LogP contribution in [-0.2, 0) is 12.6 Å². The van der Waals surface area contributed by atoms with Gasteiger partial charge in [-0.3, -0.25) is 9.48 Å². The number of amides is 1. The Balaban J connectivity index is 1.33. The molecule has 1 amide bonds. The normalized spacial score (nSPS) is 16.7. The van der Waals surface area contributed by atoms with Gasteiger partial charge in [-0.2, -0.15) is 5.10 Å². The summed E-state index contributed by atoms with van der Waals surface area (Å²) in [5.74, 6) is 0.00596. The van der Waals surface area contributed by atoms with Crippen LogP contribution in [0.15, 0.2) is 66.3 Å². The van der Waals surface area contributed by atoms with Gasteiger partial charge in [-0.25, -0.2) is 0 Å². The zero-order valence-corrected chi connectivity index (χ0v) is 21.6. The number of aromatic nitrogens is 2. The van der Waals surface area contributed by atoms with E-state index in [0.717, 1.165) is 72.5 Å². The van der Waals surface area contributed by atoms with Crippen molar-refractivity contribution in [3.63, 3.8) is 0 Å². The highest BCUT2D eigenvalue weighted by Crippen LogP contribution is 2.48. The maximum absolute atomic E-state index is 13.6. The van der Waals surface area contributed by atoms with E-state index < -0.39 is 0 Å². The average Bonchev–Trinajstić information content (AvgIpc) is 3.27. The van der Waals surface area contributed by atoms with Gasteiger partial charge in [-0.05, 0) is 83.8 Å². The van der Waals surface area contributed by atoms with Crippen molar-refractivity contribution < 1.29 is 4.79 Å². The third-order valence-electron chi connectivity index (χ3n) is 7.38. The monoisotopic (exact) mass is 497 g/mol. The van der Waals surface area contributed by atoms with Gasteiger partial charge in [0.25, 0.3) is 5.91 Å². The molecule has 3 heterocycles. The van der Waals surface area contributed by atoms with Gasteiger partial charge >= 0.3 is 0 Å². The van der Waals surface area contributed by atoms with Crippen molar-refractivity contribution in [3.05, 3.63) is 83.0 Å². The van der Waals surface area contributed by atoms with Gasteiger partial charge in [-0.1, -0.05) is 12.1 Å². The van der Waals surface area contributed by atoms with Crippen LogP contribution in [0.25, 0.3) is 21.6 Å². The van der Waals surface area contributed by atoms with Gasteiger partial charge in [0, 0.05) is 61.1 Å². The van der Waals surface area contributed by atoms with E-state index in [1.165, 1.54) is 10.4 Å². The van der Waals surface area contributed by atoms with E-state index in [4.69, 9.17) is 0 Å². The molecule has 1 aliphatic heterocycles. The van der Waals surface area contributed by atoms with Crippen LogP contribution in [0, 0.1) is 6.92 Å². The minimum Gasteiger partial charge on any atom is -0.369 e. The molecule has 7 heteroatoms. The molecule has 2 aromatic heterocycles. The molecule has 4 aromatic rings. The summed E-state index contributed by atoms with van der Waals surface area (Å²) in [4.78, 5) is 17.2. The second kappa shape index (κ2) is 9.22. The molecule has 36 heavy (non-hydrogen) atoms.